The average Bonchev–Trinajstić information content (AvgIpc) is 3.23. The summed E-state index contributed by atoms with van der Waals surface area (Å²) in [5.41, 5.74) is 8.07. The highest BCUT2D eigenvalue weighted by Crippen LogP contribution is 2.61. The lowest BCUT2D eigenvalue weighted by Crippen LogP contribution is -2.41. The molecule has 4 aliphatic rings. The molecule has 1 saturated heterocycles. The van der Waals surface area contributed by atoms with Crippen LogP contribution >= 0.6 is 0 Å². The monoisotopic (exact) mass is 478 g/mol. The Morgan fingerprint density at radius 3 is 1.68 bits per heavy atom. The largest absolute Gasteiger partial charge is 0.274 e. The van der Waals surface area contributed by atoms with Gasteiger partial charge in [0.05, 0.1) is 23.0 Å². The van der Waals surface area contributed by atoms with Crippen molar-refractivity contribution in [3.05, 3.63) is 132 Å². The highest BCUT2D eigenvalue weighted by atomic mass is 16.2. The molecule has 0 radical (unpaired) electrons. The maximum absolute atomic E-state index is 14.2. The van der Waals surface area contributed by atoms with Gasteiger partial charge in [-0.3, -0.25) is 14.6 Å². The van der Waals surface area contributed by atoms with Crippen LogP contribution in [0.2, 0.25) is 0 Å². The van der Waals surface area contributed by atoms with E-state index in [1.165, 1.54) is 27.2 Å². The number of nitrogens with zero attached hydrogens (tertiary/aromatic N) is 2. The molecule has 2 bridgehead atoms. The Hall–Kier alpha value is -4.57. The van der Waals surface area contributed by atoms with Crippen molar-refractivity contribution in [1.29, 1.82) is 0 Å². The van der Waals surface area contributed by atoms with Crippen LogP contribution < -0.4 is 4.90 Å². The first-order valence-corrected chi connectivity index (χ1v) is 12.7. The van der Waals surface area contributed by atoms with E-state index in [1.54, 1.807) is 6.20 Å². The SMILES string of the molecule is O=C1[C@@H]2C3c4ccccc4C(c4ccccc43)[C@H]2C(=O)N1c1cccc2c(-c3ccccc3)ccnc12. The first-order valence-electron chi connectivity index (χ1n) is 12.7. The minimum Gasteiger partial charge on any atom is -0.274 e. The molecule has 3 aliphatic carbocycles. The summed E-state index contributed by atoms with van der Waals surface area (Å²) in [6.45, 7) is 0. The summed E-state index contributed by atoms with van der Waals surface area (Å²) in [6, 6.07) is 34.6. The van der Waals surface area contributed by atoms with E-state index in [-0.39, 0.29) is 23.7 Å². The van der Waals surface area contributed by atoms with E-state index in [1.807, 2.05) is 66.7 Å². The molecule has 2 heterocycles. The summed E-state index contributed by atoms with van der Waals surface area (Å²) < 4.78 is 0. The van der Waals surface area contributed by atoms with E-state index in [0.717, 1.165) is 16.5 Å². The first-order chi connectivity index (χ1) is 18.2. The number of aromatic nitrogens is 1. The van der Waals surface area contributed by atoms with Gasteiger partial charge in [-0.15, -0.1) is 0 Å². The quantitative estimate of drug-likeness (QED) is 0.280. The van der Waals surface area contributed by atoms with Gasteiger partial charge in [-0.25, -0.2) is 4.90 Å². The van der Waals surface area contributed by atoms with Gasteiger partial charge in [0.15, 0.2) is 0 Å². The maximum atomic E-state index is 14.2. The molecule has 4 heteroatoms. The van der Waals surface area contributed by atoms with Crippen molar-refractivity contribution in [2.24, 2.45) is 11.8 Å². The Bertz CT molecular complexity index is 1640. The van der Waals surface area contributed by atoms with Gasteiger partial charge < -0.3 is 0 Å². The van der Waals surface area contributed by atoms with Gasteiger partial charge >= 0.3 is 0 Å². The standard InChI is InChI=1S/C33H22N2O2/c36-32-29-27-21-11-4-5-12-22(21)28(24-14-7-6-13-23(24)27)30(29)33(37)35(32)26-16-8-15-25-20(17-18-34-31(25)26)19-9-2-1-3-10-19/h1-18,27-30H/t27?,28?,29-,30-/m1/s1. The number of imide groups is 1. The molecule has 176 valence electrons. The minimum atomic E-state index is -0.408. The summed E-state index contributed by atoms with van der Waals surface area (Å²) in [4.78, 5) is 34.6. The minimum absolute atomic E-state index is 0.117. The molecule has 0 saturated carbocycles. The molecule has 4 nitrogen and oxygen atoms in total. The van der Waals surface area contributed by atoms with Crippen molar-refractivity contribution in [3.63, 3.8) is 0 Å². The second-order valence-electron chi connectivity index (χ2n) is 10.2. The van der Waals surface area contributed by atoms with Crippen LogP contribution in [0.1, 0.15) is 34.1 Å². The molecule has 1 fully saturated rings. The molecule has 0 unspecified atom stereocenters. The second kappa shape index (κ2) is 7.47. The predicted octanol–water partition coefficient (Wildman–Crippen LogP) is 6.30. The fraction of sp³-hybridized carbons (Fsp3) is 0.121. The molecule has 0 spiro atoms. The number of carbonyl (C=O) groups excluding carboxylic acids is 2. The van der Waals surface area contributed by atoms with Crippen LogP contribution in [0.4, 0.5) is 5.69 Å². The molecule has 5 aromatic rings. The number of rotatable bonds is 2. The Morgan fingerprint density at radius 1 is 0.568 bits per heavy atom. The second-order valence-corrected chi connectivity index (χ2v) is 10.2. The van der Waals surface area contributed by atoms with Crippen LogP contribution in [0, 0.1) is 11.8 Å². The van der Waals surface area contributed by atoms with Gasteiger partial charge in [0.25, 0.3) is 0 Å². The molecule has 1 aromatic heterocycles. The van der Waals surface area contributed by atoms with Gasteiger partial charge in [0.2, 0.25) is 11.8 Å². The van der Waals surface area contributed by atoms with E-state index in [4.69, 9.17) is 0 Å². The summed E-state index contributed by atoms with van der Waals surface area (Å²) in [6.07, 6.45) is 1.77. The number of anilines is 1. The van der Waals surface area contributed by atoms with Crippen molar-refractivity contribution >= 4 is 28.4 Å². The molecule has 4 aromatic carbocycles. The van der Waals surface area contributed by atoms with E-state index >= 15 is 0 Å². The highest BCUT2D eigenvalue weighted by molar-refractivity contribution is 6.26. The average molecular weight is 479 g/mol. The van der Waals surface area contributed by atoms with Crippen LogP contribution in [0.25, 0.3) is 22.0 Å². The number of fused-ring (bicyclic) bond motifs is 1. The molecule has 37 heavy (non-hydrogen) atoms. The zero-order valence-corrected chi connectivity index (χ0v) is 19.9. The van der Waals surface area contributed by atoms with Crippen LogP contribution in [0.15, 0.2) is 109 Å². The summed E-state index contributed by atoms with van der Waals surface area (Å²) in [5, 5.41) is 0.927. The highest BCUT2D eigenvalue weighted by Gasteiger charge is 2.61. The topological polar surface area (TPSA) is 50.3 Å². The van der Waals surface area contributed by atoms with E-state index in [9.17, 15) is 9.59 Å². The number of hydrogen-bond acceptors (Lipinski definition) is 3. The van der Waals surface area contributed by atoms with Gasteiger partial charge in [-0.05, 0) is 45.5 Å². The smallest absolute Gasteiger partial charge is 0.238 e. The van der Waals surface area contributed by atoms with Crippen LogP contribution in [0.5, 0.6) is 0 Å². The molecular weight excluding hydrogens is 456 g/mol. The van der Waals surface area contributed by atoms with E-state index < -0.39 is 11.8 Å². The molecule has 2 amide bonds. The molecule has 9 rings (SSSR count). The van der Waals surface area contributed by atoms with E-state index in [2.05, 4.69) is 41.4 Å². The Kier molecular flexibility index (Phi) is 4.16. The zero-order chi connectivity index (χ0) is 24.7. The van der Waals surface area contributed by atoms with Crippen molar-refractivity contribution in [2.45, 2.75) is 11.8 Å². The molecule has 2 atom stereocenters. The lowest BCUT2D eigenvalue weighted by Gasteiger charge is -2.45. The van der Waals surface area contributed by atoms with Gasteiger partial charge in [0, 0.05) is 23.4 Å². The number of amides is 2. The van der Waals surface area contributed by atoms with Crippen LogP contribution in [-0.2, 0) is 9.59 Å². The number of para-hydroxylation sites is 1. The molecule has 1 aliphatic heterocycles. The third-order valence-electron chi connectivity index (χ3n) is 8.52. The van der Waals surface area contributed by atoms with Crippen LogP contribution in [-0.4, -0.2) is 16.8 Å². The fourth-order valence-corrected chi connectivity index (χ4v) is 7.13. The lowest BCUT2D eigenvalue weighted by atomic mass is 9.55. The Labute approximate surface area is 214 Å². The Morgan fingerprint density at radius 2 is 1.11 bits per heavy atom. The van der Waals surface area contributed by atoms with Gasteiger partial charge in [-0.1, -0.05) is 91.0 Å². The summed E-state index contributed by atoms with van der Waals surface area (Å²) in [5.74, 6) is -1.29. The first kappa shape index (κ1) is 20.6. The third-order valence-corrected chi connectivity index (χ3v) is 8.52. The van der Waals surface area contributed by atoms with Crippen molar-refractivity contribution < 1.29 is 9.59 Å². The zero-order valence-electron chi connectivity index (χ0n) is 19.9. The number of benzene rings is 4. The van der Waals surface area contributed by atoms with Crippen LogP contribution in [0.3, 0.4) is 0 Å². The van der Waals surface area contributed by atoms with Gasteiger partial charge in [-0.2, -0.15) is 0 Å². The van der Waals surface area contributed by atoms with Crippen molar-refractivity contribution in [3.8, 4) is 11.1 Å². The predicted molar refractivity (Wildman–Crippen MR) is 143 cm³/mol. The normalized spacial score (nSPS) is 23.2. The molecular formula is C33H22N2O2. The third kappa shape index (κ3) is 2.65. The molecule has 0 N–H and O–H groups in total. The van der Waals surface area contributed by atoms with Crippen molar-refractivity contribution in [2.75, 3.05) is 4.90 Å². The number of hydrogen-bond donors (Lipinski definition) is 0. The number of pyridine rings is 1. The summed E-state index contributed by atoms with van der Waals surface area (Å²) >= 11 is 0. The lowest BCUT2D eigenvalue weighted by molar-refractivity contribution is -0.122. The fourth-order valence-electron chi connectivity index (χ4n) is 7.13. The number of carbonyl (C=O) groups is 2. The van der Waals surface area contributed by atoms with Gasteiger partial charge in [0.1, 0.15) is 0 Å². The van der Waals surface area contributed by atoms with E-state index in [0.29, 0.717) is 11.2 Å². The summed E-state index contributed by atoms with van der Waals surface area (Å²) in [7, 11) is 0. The Balaban J connectivity index is 1.32. The van der Waals surface area contributed by atoms with Crippen molar-refractivity contribution in [1.82, 2.24) is 4.98 Å². The maximum Gasteiger partial charge on any atom is 0.238 e.